The Bertz CT molecular complexity index is 1310. The normalized spacial score (nSPS) is 11.3. The number of H-pyrrole nitrogens is 1. The van der Waals surface area contributed by atoms with E-state index in [4.69, 9.17) is 23.2 Å². The summed E-state index contributed by atoms with van der Waals surface area (Å²) >= 11 is 14.1. The van der Waals surface area contributed by atoms with Crippen molar-refractivity contribution in [2.24, 2.45) is 7.05 Å². The summed E-state index contributed by atoms with van der Waals surface area (Å²) in [5.74, 6) is 0.778. The molecule has 0 aliphatic heterocycles. The molecule has 0 bridgehead atoms. The van der Waals surface area contributed by atoms with Crippen LogP contribution in [0.5, 0.6) is 0 Å². The van der Waals surface area contributed by atoms with E-state index in [1.807, 2.05) is 48.5 Å². The molecular weight excluding hydrogens is 431 g/mol. The van der Waals surface area contributed by atoms with Crippen molar-refractivity contribution in [3.8, 4) is 0 Å². The van der Waals surface area contributed by atoms with E-state index in [0.717, 1.165) is 26.8 Å². The number of imidazole rings is 1. The van der Waals surface area contributed by atoms with Gasteiger partial charge in [-0.15, -0.1) is 11.8 Å². The van der Waals surface area contributed by atoms with Gasteiger partial charge in [0.15, 0.2) is 11.2 Å². The minimum Gasteiger partial charge on any atom is -0.304 e. The van der Waals surface area contributed by atoms with Crippen LogP contribution in [0.25, 0.3) is 11.2 Å². The Morgan fingerprint density at radius 2 is 1.79 bits per heavy atom. The zero-order chi connectivity index (χ0) is 20.5. The first kappa shape index (κ1) is 19.8. The van der Waals surface area contributed by atoms with Gasteiger partial charge in [0.1, 0.15) is 0 Å². The fourth-order valence-electron chi connectivity index (χ4n) is 3.00. The van der Waals surface area contributed by atoms with Crippen molar-refractivity contribution in [2.45, 2.75) is 17.2 Å². The Kier molecular flexibility index (Phi) is 5.54. The van der Waals surface area contributed by atoms with Gasteiger partial charge in [0, 0.05) is 22.7 Å². The fourth-order valence-corrected chi connectivity index (χ4v) is 4.41. The molecule has 0 radical (unpaired) electrons. The van der Waals surface area contributed by atoms with Crippen molar-refractivity contribution >= 4 is 46.1 Å². The molecule has 0 aliphatic rings. The molecule has 0 atom stereocenters. The molecule has 4 rings (SSSR count). The Morgan fingerprint density at radius 1 is 1.07 bits per heavy atom. The minimum atomic E-state index is -0.524. The van der Waals surface area contributed by atoms with E-state index in [0.29, 0.717) is 6.54 Å². The third-order valence-corrected chi connectivity index (χ3v) is 6.29. The van der Waals surface area contributed by atoms with Gasteiger partial charge in [-0.1, -0.05) is 41.9 Å². The maximum atomic E-state index is 12.3. The summed E-state index contributed by atoms with van der Waals surface area (Å²) in [6.45, 7) is 0.367. The van der Waals surface area contributed by atoms with Gasteiger partial charge in [-0.05, 0) is 40.9 Å². The maximum absolute atomic E-state index is 12.3. The number of hydrogen-bond acceptors (Lipinski definition) is 4. The summed E-state index contributed by atoms with van der Waals surface area (Å²) < 4.78 is 2.87. The molecule has 2 aromatic carbocycles. The molecular formula is C20H16Cl2N4O2S. The van der Waals surface area contributed by atoms with Crippen molar-refractivity contribution < 1.29 is 0 Å². The van der Waals surface area contributed by atoms with Crippen LogP contribution in [0.15, 0.2) is 63.0 Å². The van der Waals surface area contributed by atoms with Gasteiger partial charge in [0.25, 0.3) is 5.56 Å². The number of halogens is 2. The second-order valence-electron chi connectivity index (χ2n) is 6.48. The Morgan fingerprint density at radius 3 is 2.52 bits per heavy atom. The first-order valence-electron chi connectivity index (χ1n) is 8.74. The number of aryl methyl sites for hydroxylation is 1. The first-order chi connectivity index (χ1) is 13.9. The highest BCUT2D eigenvalue weighted by Crippen LogP contribution is 2.27. The van der Waals surface area contributed by atoms with E-state index in [9.17, 15) is 9.59 Å². The van der Waals surface area contributed by atoms with Crippen LogP contribution in [0.1, 0.15) is 11.1 Å². The second-order valence-corrected chi connectivity index (χ2v) is 8.28. The van der Waals surface area contributed by atoms with Gasteiger partial charge in [-0.25, -0.2) is 4.79 Å². The summed E-state index contributed by atoms with van der Waals surface area (Å²) in [4.78, 5) is 31.6. The van der Waals surface area contributed by atoms with Crippen LogP contribution in [0.3, 0.4) is 0 Å². The predicted molar refractivity (Wildman–Crippen MR) is 117 cm³/mol. The SMILES string of the molecule is Cn1c(=O)[nH]c(=O)c2c1nc(Cl)n2Cc1ccc(SCc2ccccc2Cl)cc1. The molecule has 0 saturated carbocycles. The third kappa shape index (κ3) is 3.99. The van der Waals surface area contributed by atoms with Crippen molar-refractivity contribution in [3.05, 3.63) is 90.8 Å². The smallest absolute Gasteiger partial charge is 0.304 e. The van der Waals surface area contributed by atoms with E-state index in [2.05, 4.69) is 9.97 Å². The van der Waals surface area contributed by atoms with Crippen molar-refractivity contribution in [1.82, 2.24) is 19.1 Å². The maximum Gasteiger partial charge on any atom is 0.329 e. The van der Waals surface area contributed by atoms with E-state index in [1.165, 1.54) is 4.57 Å². The lowest BCUT2D eigenvalue weighted by atomic mass is 10.2. The number of aromatic nitrogens is 4. The van der Waals surface area contributed by atoms with E-state index < -0.39 is 11.2 Å². The summed E-state index contributed by atoms with van der Waals surface area (Å²) in [5.41, 5.74) is 1.55. The first-order valence-corrected chi connectivity index (χ1v) is 10.5. The zero-order valence-corrected chi connectivity index (χ0v) is 17.7. The van der Waals surface area contributed by atoms with Crippen LogP contribution in [0.4, 0.5) is 0 Å². The van der Waals surface area contributed by atoms with Crippen molar-refractivity contribution in [2.75, 3.05) is 0 Å². The molecule has 0 aliphatic carbocycles. The molecule has 6 nitrogen and oxygen atoms in total. The predicted octanol–water partition coefficient (Wildman–Crippen LogP) is 4.07. The Balaban J connectivity index is 1.56. The molecule has 2 aromatic heterocycles. The lowest BCUT2D eigenvalue weighted by Gasteiger charge is -2.08. The monoisotopic (exact) mass is 446 g/mol. The van der Waals surface area contributed by atoms with Crippen LogP contribution < -0.4 is 11.2 Å². The highest BCUT2D eigenvalue weighted by Gasteiger charge is 2.16. The summed E-state index contributed by atoms with van der Waals surface area (Å²) in [5, 5.41) is 0.918. The molecule has 2 heterocycles. The molecule has 1 N–H and O–H groups in total. The molecule has 0 spiro atoms. The molecule has 29 heavy (non-hydrogen) atoms. The standard InChI is InChI=1S/C20H16Cl2N4O2S/c1-25-17-16(18(27)24-20(25)28)26(19(22)23-17)10-12-6-8-14(9-7-12)29-11-13-4-2-3-5-15(13)21/h2-9H,10-11H2,1H3,(H,24,27,28). The number of benzene rings is 2. The number of thioether (sulfide) groups is 1. The number of nitrogens with one attached hydrogen (secondary N) is 1. The molecule has 9 heteroatoms. The molecule has 148 valence electrons. The summed E-state index contributed by atoms with van der Waals surface area (Å²) in [7, 11) is 1.54. The molecule has 0 unspecified atom stereocenters. The summed E-state index contributed by atoms with van der Waals surface area (Å²) in [6, 6.07) is 15.8. The number of hydrogen-bond donors (Lipinski definition) is 1. The van der Waals surface area contributed by atoms with Crippen LogP contribution in [0.2, 0.25) is 10.3 Å². The molecule has 0 amide bonds. The number of aromatic amines is 1. The van der Waals surface area contributed by atoms with Gasteiger partial charge in [0.05, 0.1) is 6.54 Å². The van der Waals surface area contributed by atoms with Crippen molar-refractivity contribution in [3.63, 3.8) is 0 Å². The Hall–Kier alpha value is -2.48. The van der Waals surface area contributed by atoms with Gasteiger partial charge in [-0.2, -0.15) is 4.98 Å². The van der Waals surface area contributed by atoms with Gasteiger partial charge in [-0.3, -0.25) is 14.3 Å². The topological polar surface area (TPSA) is 72.7 Å². The quantitative estimate of drug-likeness (QED) is 0.370. The average molecular weight is 447 g/mol. The van der Waals surface area contributed by atoms with Crippen molar-refractivity contribution in [1.29, 1.82) is 0 Å². The molecule has 0 fully saturated rings. The summed E-state index contributed by atoms with van der Waals surface area (Å²) in [6.07, 6.45) is 0. The highest BCUT2D eigenvalue weighted by atomic mass is 35.5. The number of rotatable bonds is 5. The zero-order valence-electron chi connectivity index (χ0n) is 15.4. The van der Waals surface area contributed by atoms with E-state index in [1.54, 1.807) is 23.4 Å². The van der Waals surface area contributed by atoms with Crippen LogP contribution in [-0.2, 0) is 19.3 Å². The van der Waals surface area contributed by atoms with Crippen LogP contribution in [-0.4, -0.2) is 19.1 Å². The highest BCUT2D eigenvalue weighted by molar-refractivity contribution is 7.98. The number of fused-ring (bicyclic) bond motifs is 1. The Labute approximate surface area is 180 Å². The molecule has 0 saturated heterocycles. The van der Waals surface area contributed by atoms with Gasteiger partial charge in [0.2, 0.25) is 5.28 Å². The van der Waals surface area contributed by atoms with E-state index >= 15 is 0 Å². The second kappa shape index (κ2) is 8.10. The van der Waals surface area contributed by atoms with Crippen LogP contribution in [0, 0.1) is 0 Å². The molecule has 4 aromatic rings. The van der Waals surface area contributed by atoms with E-state index in [-0.39, 0.29) is 16.4 Å². The third-order valence-electron chi connectivity index (χ3n) is 4.58. The van der Waals surface area contributed by atoms with Crippen LogP contribution >= 0.6 is 35.0 Å². The fraction of sp³-hybridized carbons (Fsp3) is 0.150. The van der Waals surface area contributed by atoms with Gasteiger partial charge >= 0.3 is 5.69 Å². The lowest BCUT2D eigenvalue weighted by molar-refractivity contribution is 0.806. The lowest BCUT2D eigenvalue weighted by Crippen LogP contribution is -2.29. The largest absolute Gasteiger partial charge is 0.329 e. The average Bonchev–Trinajstić information content (AvgIpc) is 3.03. The minimum absolute atomic E-state index is 0.156. The number of nitrogens with zero attached hydrogens (tertiary/aromatic N) is 3. The van der Waals surface area contributed by atoms with Gasteiger partial charge < -0.3 is 4.57 Å².